The molecule has 3 aromatic rings. The van der Waals surface area contributed by atoms with Crippen LogP contribution in [0, 0.1) is 11.8 Å². The van der Waals surface area contributed by atoms with Gasteiger partial charge < -0.3 is 5.32 Å². The monoisotopic (exact) mass is 665 g/mol. The maximum atomic E-state index is 5.56. The first-order chi connectivity index (χ1) is 24.3. The Morgan fingerprint density at radius 1 is 0.776 bits per heavy atom. The van der Waals surface area contributed by atoms with Crippen molar-refractivity contribution in [1.82, 2.24) is 16.0 Å². The van der Waals surface area contributed by atoms with Crippen LogP contribution in [0.2, 0.25) is 0 Å². The molecule has 0 saturated carbocycles. The first-order valence-corrected chi connectivity index (χ1v) is 19.4. The van der Waals surface area contributed by atoms with Crippen LogP contribution in [-0.2, 0) is 0 Å². The Morgan fingerprint density at radius 3 is 2.59 bits per heavy atom. The molecule has 0 amide bonds. The summed E-state index contributed by atoms with van der Waals surface area (Å²) in [5.74, 6) is 2.29. The molecule has 0 bridgehead atoms. The van der Waals surface area contributed by atoms with E-state index in [1.807, 2.05) is 11.3 Å². The van der Waals surface area contributed by atoms with E-state index in [1.165, 1.54) is 68.0 Å². The Kier molecular flexibility index (Phi) is 8.81. The Bertz CT molecular complexity index is 1920. The minimum Gasteiger partial charge on any atom is -0.342 e. The zero-order valence-electron chi connectivity index (χ0n) is 28.2. The highest BCUT2D eigenvalue weighted by Gasteiger charge is 2.35. The smallest absolute Gasteiger partial charge is 0.109 e. The van der Waals surface area contributed by atoms with Gasteiger partial charge in [0.25, 0.3) is 0 Å². The number of hydrogen-bond donors (Lipinski definition) is 4. The molecule has 5 nitrogen and oxygen atoms in total. The number of allylic oxidation sites excluding steroid dienone is 8. The average molecular weight is 666 g/mol. The molecule has 4 N–H and O–H groups in total. The van der Waals surface area contributed by atoms with E-state index in [4.69, 9.17) is 4.99 Å². The fourth-order valence-corrected chi connectivity index (χ4v) is 9.88. The van der Waals surface area contributed by atoms with Crippen LogP contribution in [0.4, 0.5) is 5.69 Å². The third kappa shape index (κ3) is 6.36. The second-order valence-corrected chi connectivity index (χ2v) is 15.6. The number of nitrogens with one attached hydrogen (secondary N) is 4. The van der Waals surface area contributed by atoms with Gasteiger partial charge >= 0.3 is 0 Å². The highest BCUT2D eigenvalue weighted by atomic mass is 32.1. The molecule has 2 aliphatic heterocycles. The highest BCUT2D eigenvalue weighted by Crippen LogP contribution is 2.48. The van der Waals surface area contributed by atoms with E-state index in [9.17, 15) is 0 Å². The van der Waals surface area contributed by atoms with Crippen molar-refractivity contribution in [2.45, 2.75) is 88.2 Å². The maximum Gasteiger partial charge on any atom is 0.109 e. The molecular formula is C43H47N5S. The molecule has 1 saturated heterocycles. The van der Waals surface area contributed by atoms with E-state index >= 15 is 0 Å². The molecular weight excluding hydrogens is 619 g/mol. The lowest BCUT2D eigenvalue weighted by atomic mass is 9.81. The number of aliphatic imine (C=N–C) groups is 1. The predicted octanol–water partition coefficient (Wildman–Crippen LogP) is 9.86. The van der Waals surface area contributed by atoms with Crippen LogP contribution in [0.25, 0.3) is 10.1 Å². The van der Waals surface area contributed by atoms with Crippen LogP contribution in [0.3, 0.4) is 0 Å². The number of fused-ring (bicyclic) bond motifs is 3. The lowest BCUT2D eigenvalue weighted by molar-refractivity contribution is 0.187. The van der Waals surface area contributed by atoms with Gasteiger partial charge in [-0.1, -0.05) is 103 Å². The van der Waals surface area contributed by atoms with Crippen LogP contribution in [0.15, 0.2) is 125 Å². The van der Waals surface area contributed by atoms with Gasteiger partial charge in [-0.3, -0.25) is 20.9 Å². The maximum absolute atomic E-state index is 5.56. The topological polar surface area (TPSA) is 60.5 Å². The van der Waals surface area contributed by atoms with E-state index in [0.717, 1.165) is 38.5 Å². The summed E-state index contributed by atoms with van der Waals surface area (Å²) in [6.07, 6.45) is 33.9. The van der Waals surface area contributed by atoms with Crippen LogP contribution < -0.4 is 21.3 Å². The van der Waals surface area contributed by atoms with Crippen LogP contribution >= 0.6 is 11.3 Å². The average Bonchev–Trinajstić information content (AvgIpc) is 3.57. The summed E-state index contributed by atoms with van der Waals surface area (Å²) in [6, 6.07) is 18.3. The first-order valence-electron chi connectivity index (χ1n) is 18.6. The van der Waals surface area contributed by atoms with Crippen molar-refractivity contribution in [2.75, 3.05) is 5.32 Å². The predicted molar refractivity (Wildman–Crippen MR) is 206 cm³/mol. The molecule has 7 atom stereocenters. The number of rotatable bonds is 6. The lowest BCUT2D eigenvalue weighted by Gasteiger charge is -2.43. The van der Waals surface area contributed by atoms with Crippen LogP contribution in [-0.4, -0.2) is 18.2 Å². The summed E-state index contributed by atoms with van der Waals surface area (Å²) in [5.41, 5.74) is 6.85. The Balaban J connectivity index is 0.980. The normalized spacial score (nSPS) is 31.1. The third-order valence-corrected chi connectivity index (χ3v) is 12.5. The molecule has 9 rings (SSSR count). The second-order valence-electron chi connectivity index (χ2n) is 14.5. The van der Waals surface area contributed by atoms with Gasteiger partial charge in [0.05, 0.1) is 29.1 Å². The molecule has 2 aromatic carbocycles. The first kappa shape index (κ1) is 31.2. The number of benzene rings is 2. The molecule has 49 heavy (non-hydrogen) atoms. The van der Waals surface area contributed by atoms with Crippen molar-refractivity contribution in [3.63, 3.8) is 0 Å². The van der Waals surface area contributed by atoms with Crippen molar-refractivity contribution >= 4 is 32.9 Å². The van der Waals surface area contributed by atoms with Gasteiger partial charge in [0.15, 0.2) is 0 Å². The standard InChI is InChI=1S/C43H47N5S/c1-4-14-28(15-5-1)37-39-38(35-24-10-11-25-36(35)49-39)45-42(44-37)33-22-12-20-31(26-33)32-21-13-23-34(27-32)43-47-40(29-16-6-2-7-17-29)46-41(48-43)30-18-8-3-9-19-30/h2,6-8,10-14,16,18-21,23-25,27,29,31,33,37,40-41,43,46-48H,1,3-5,9,15,17,22,26H2,(H,44,45). The van der Waals surface area contributed by atoms with E-state index in [1.54, 1.807) is 0 Å². The van der Waals surface area contributed by atoms with Gasteiger partial charge in [-0.15, -0.1) is 11.3 Å². The molecule has 0 spiro atoms. The SMILES string of the molecule is C1=CCC(C2NC(C3=CCCC=C3)NC(c3cccc(C4C=CCC(C5=NC(C6=CCCCC6)c6sc7ccccc7c6N5)C4)c3)N2)C=C1. The molecule has 6 heteroatoms. The molecule has 7 unspecified atom stereocenters. The molecule has 0 radical (unpaired) electrons. The minimum absolute atomic E-state index is 0.0503. The lowest BCUT2D eigenvalue weighted by Crippen LogP contribution is -2.65. The Labute approximate surface area is 294 Å². The number of thiophene rings is 1. The highest BCUT2D eigenvalue weighted by molar-refractivity contribution is 7.20. The number of amidine groups is 1. The van der Waals surface area contributed by atoms with Crippen molar-refractivity contribution in [3.8, 4) is 0 Å². The van der Waals surface area contributed by atoms with Gasteiger partial charge in [-0.2, -0.15) is 0 Å². The van der Waals surface area contributed by atoms with Gasteiger partial charge in [0, 0.05) is 27.8 Å². The number of nitrogens with zero attached hydrogens (tertiary/aromatic N) is 1. The summed E-state index contributed by atoms with van der Waals surface area (Å²) < 4.78 is 1.35. The summed E-state index contributed by atoms with van der Waals surface area (Å²) in [5, 5.41) is 17.0. The van der Waals surface area contributed by atoms with Crippen molar-refractivity contribution in [3.05, 3.63) is 136 Å². The molecule has 1 aromatic heterocycles. The fourth-order valence-electron chi connectivity index (χ4n) is 8.64. The summed E-state index contributed by atoms with van der Waals surface area (Å²) in [4.78, 5) is 6.95. The molecule has 3 heterocycles. The molecule has 250 valence electrons. The third-order valence-electron chi connectivity index (χ3n) is 11.3. The molecule has 6 aliphatic rings. The second kappa shape index (κ2) is 13.8. The van der Waals surface area contributed by atoms with Crippen LogP contribution in [0.5, 0.6) is 0 Å². The van der Waals surface area contributed by atoms with Gasteiger partial charge in [-0.25, -0.2) is 0 Å². The quantitative estimate of drug-likeness (QED) is 0.198. The largest absolute Gasteiger partial charge is 0.342 e. The van der Waals surface area contributed by atoms with Crippen molar-refractivity contribution in [1.29, 1.82) is 0 Å². The Hall–Kier alpha value is -3.81. The molecule has 4 aliphatic carbocycles. The van der Waals surface area contributed by atoms with Crippen molar-refractivity contribution < 1.29 is 0 Å². The van der Waals surface area contributed by atoms with Gasteiger partial charge in [0.1, 0.15) is 11.9 Å². The minimum atomic E-state index is 0.0503. The van der Waals surface area contributed by atoms with Crippen LogP contribution in [0.1, 0.15) is 91.9 Å². The van der Waals surface area contributed by atoms with Gasteiger partial charge in [-0.05, 0) is 86.1 Å². The summed E-state index contributed by atoms with van der Waals surface area (Å²) in [7, 11) is 0. The zero-order chi connectivity index (χ0) is 32.6. The van der Waals surface area contributed by atoms with Gasteiger partial charge in [0.2, 0.25) is 0 Å². The van der Waals surface area contributed by atoms with E-state index < -0.39 is 0 Å². The van der Waals surface area contributed by atoms with E-state index in [0.29, 0.717) is 17.8 Å². The van der Waals surface area contributed by atoms with E-state index in [2.05, 4.69) is 131 Å². The summed E-state index contributed by atoms with van der Waals surface area (Å²) >= 11 is 1.93. The van der Waals surface area contributed by atoms with E-state index in [-0.39, 0.29) is 24.5 Å². The number of anilines is 1. The fraction of sp³-hybridized carbons (Fsp3) is 0.372. The summed E-state index contributed by atoms with van der Waals surface area (Å²) in [6.45, 7) is 0. The zero-order valence-corrected chi connectivity index (χ0v) is 29.0. The number of hydrogen-bond acceptors (Lipinski definition) is 6. The molecule has 1 fully saturated rings. The van der Waals surface area contributed by atoms with Crippen molar-refractivity contribution in [2.24, 2.45) is 16.8 Å². The Morgan fingerprint density at radius 2 is 1.71 bits per heavy atom.